The maximum absolute atomic E-state index is 12.5. The van der Waals surface area contributed by atoms with Crippen molar-refractivity contribution in [2.75, 3.05) is 13.2 Å². The van der Waals surface area contributed by atoms with E-state index in [1.54, 1.807) is 11.3 Å². The molecule has 3 nitrogen and oxygen atoms in total. The van der Waals surface area contributed by atoms with Gasteiger partial charge in [0.1, 0.15) is 12.4 Å². The van der Waals surface area contributed by atoms with Crippen LogP contribution in [-0.4, -0.2) is 24.0 Å². The number of fused-ring (bicyclic) bond motifs is 1. The molecule has 0 saturated carbocycles. The molecule has 0 unspecified atom stereocenters. The Morgan fingerprint density at radius 3 is 2.89 bits per heavy atom. The van der Waals surface area contributed by atoms with Gasteiger partial charge >= 0.3 is 0 Å². The number of para-hydroxylation sites is 1. The second-order valence-electron chi connectivity index (χ2n) is 4.28. The van der Waals surface area contributed by atoms with Crippen LogP contribution in [0.1, 0.15) is 15.2 Å². The Morgan fingerprint density at radius 2 is 2.11 bits per heavy atom. The number of ether oxygens (including phenoxy) is 1. The van der Waals surface area contributed by atoms with Gasteiger partial charge in [0.2, 0.25) is 0 Å². The first-order valence-electron chi connectivity index (χ1n) is 5.99. The van der Waals surface area contributed by atoms with E-state index in [0.29, 0.717) is 31.0 Å². The van der Waals surface area contributed by atoms with Crippen molar-refractivity contribution in [3.05, 3.63) is 50.6 Å². The van der Waals surface area contributed by atoms with Crippen molar-refractivity contribution in [2.24, 2.45) is 0 Å². The highest BCUT2D eigenvalue weighted by Crippen LogP contribution is 2.26. The van der Waals surface area contributed by atoms with Crippen molar-refractivity contribution in [3.63, 3.8) is 0 Å². The number of halogens is 1. The zero-order valence-electron chi connectivity index (χ0n) is 10.1. The molecule has 0 radical (unpaired) electrons. The molecule has 1 aromatic heterocycles. The minimum absolute atomic E-state index is 0.0395. The third kappa shape index (κ3) is 2.67. The number of amides is 1. The Kier molecular flexibility index (Phi) is 3.57. The van der Waals surface area contributed by atoms with Crippen LogP contribution in [0.2, 0.25) is 0 Å². The summed E-state index contributed by atoms with van der Waals surface area (Å²) in [6, 6.07) is 11.5. The summed E-state index contributed by atoms with van der Waals surface area (Å²) >= 11 is 5.10. The van der Waals surface area contributed by atoms with Crippen molar-refractivity contribution in [3.8, 4) is 5.75 Å². The average Bonchev–Trinajstić information content (AvgIpc) is 2.75. The molecule has 0 bridgehead atoms. The van der Waals surface area contributed by atoms with Crippen molar-refractivity contribution >= 4 is 33.2 Å². The summed E-state index contributed by atoms with van der Waals surface area (Å²) in [5.74, 6) is 0.722. The van der Waals surface area contributed by atoms with Crippen LogP contribution in [-0.2, 0) is 6.54 Å². The number of carbonyl (C=O) groups excluding carboxylic acids is 1. The molecule has 0 N–H and O–H groups in total. The highest BCUT2D eigenvalue weighted by Gasteiger charge is 2.23. The molecular weight excluding hydrogens is 326 g/mol. The number of benzene rings is 1. The predicted octanol–water partition coefficient (Wildman–Crippen LogP) is 3.55. The molecular formula is C14H12BrNO2S. The SMILES string of the molecule is O=C1c2ccccc2OCCN1Cc1ccc(Br)s1. The summed E-state index contributed by atoms with van der Waals surface area (Å²) in [5, 5.41) is 0. The van der Waals surface area contributed by atoms with Crippen LogP contribution in [0.4, 0.5) is 0 Å². The molecule has 1 aliphatic heterocycles. The van der Waals surface area contributed by atoms with E-state index in [4.69, 9.17) is 4.74 Å². The van der Waals surface area contributed by atoms with Crippen molar-refractivity contribution in [1.29, 1.82) is 0 Å². The minimum atomic E-state index is 0.0395. The van der Waals surface area contributed by atoms with Crippen molar-refractivity contribution in [1.82, 2.24) is 4.90 Å². The van der Waals surface area contributed by atoms with Gasteiger partial charge in [0.25, 0.3) is 5.91 Å². The molecule has 19 heavy (non-hydrogen) atoms. The Morgan fingerprint density at radius 1 is 1.26 bits per heavy atom. The van der Waals surface area contributed by atoms with Gasteiger partial charge in [-0.3, -0.25) is 4.79 Å². The number of hydrogen-bond acceptors (Lipinski definition) is 3. The van der Waals surface area contributed by atoms with Crippen LogP contribution in [0.5, 0.6) is 5.75 Å². The first-order valence-corrected chi connectivity index (χ1v) is 7.60. The molecule has 1 amide bonds. The minimum Gasteiger partial charge on any atom is -0.491 e. The molecule has 1 aliphatic rings. The van der Waals surface area contributed by atoms with Crippen LogP contribution in [0.25, 0.3) is 0 Å². The van der Waals surface area contributed by atoms with Gasteiger partial charge in [-0.15, -0.1) is 11.3 Å². The highest BCUT2D eigenvalue weighted by molar-refractivity contribution is 9.11. The number of rotatable bonds is 2. The van der Waals surface area contributed by atoms with Gasteiger partial charge in [-0.05, 0) is 40.2 Å². The van der Waals surface area contributed by atoms with E-state index in [-0.39, 0.29) is 5.91 Å². The topological polar surface area (TPSA) is 29.5 Å². The van der Waals surface area contributed by atoms with Gasteiger partial charge in [-0.2, -0.15) is 0 Å². The molecule has 98 valence electrons. The third-order valence-electron chi connectivity index (χ3n) is 3.00. The maximum atomic E-state index is 12.5. The number of hydrogen-bond donors (Lipinski definition) is 0. The lowest BCUT2D eigenvalue weighted by atomic mass is 10.2. The van der Waals surface area contributed by atoms with Gasteiger partial charge in [-0.1, -0.05) is 12.1 Å². The van der Waals surface area contributed by atoms with Gasteiger partial charge in [0, 0.05) is 4.88 Å². The van der Waals surface area contributed by atoms with Gasteiger partial charge in [-0.25, -0.2) is 0 Å². The van der Waals surface area contributed by atoms with Crippen LogP contribution < -0.4 is 4.74 Å². The summed E-state index contributed by atoms with van der Waals surface area (Å²) in [7, 11) is 0. The lowest BCUT2D eigenvalue weighted by molar-refractivity contribution is 0.0744. The lowest BCUT2D eigenvalue weighted by Gasteiger charge is -2.18. The first-order chi connectivity index (χ1) is 9.24. The molecule has 0 atom stereocenters. The molecule has 2 aromatic rings. The van der Waals surface area contributed by atoms with Crippen LogP contribution >= 0.6 is 27.3 Å². The monoisotopic (exact) mass is 337 g/mol. The van der Waals surface area contributed by atoms with E-state index in [0.717, 1.165) is 3.79 Å². The molecule has 0 spiro atoms. The molecule has 0 fully saturated rings. The second kappa shape index (κ2) is 5.35. The van der Waals surface area contributed by atoms with E-state index in [9.17, 15) is 4.79 Å². The van der Waals surface area contributed by atoms with Crippen molar-refractivity contribution < 1.29 is 9.53 Å². The number of thiophene rings is 1. The Labute approximate surface area is 123 Å². The van der Waals surface area contributed by atoms with Gasteiger partial charge < -0.3 is 9.64 Å². The van der Waals surface area contributed by atoms with E-state index in [2.05, 4.69) is 15.9 Å². The fourth-order valence-electron chi connectivity index (χ4n) is 2.08. The number of nitrogens with zero attached hydrogens (tertiary/aromatic N) is 1. The molecule has 0 aliphatic carbocycles. The summed E-state index contributed by atoms with van der Waals surface area (Å²) < 4.78 is 6.71. The van der Waals surface area contributed by atoms with Crippen LogP contribution in [0.15, 0.2) is 40.2 Å². The highest BCUT2D eigenvalue weighted by atomic mass is 79.9. The van der Waals surface area contributed by atoms with Crippen LogP contribution in [0, 0.1) is 0 Å². The molecule has 3 rings (SSSR count). The van der Waals surface area contributed by atoms with Crippen molar-refractivity contribution in [2.45, 2.75) is 6.54 Å². The average molecular weight is 338 g/mol. The van der Waals surface area contributed by atoms with E-state index < -0.39 is 0 Å². The normalized spacial score (nSPS) is 14.8. The molecule has 5 heteroatoms. The maximum Gasteiger partial charge on any atom is 0.258 e. The Hall–Kier alpha value is -1.33. The first kappa shape index (κ1) is 12.7. The summed E-state index contributed by atoms with van der Waals surface area (Å²) in [6.45, 7) is 1.78. The lowest BCUT2D eigenvalue weighted by Crippen LogP contribution is -2.31. The largest absolute Gasteiger partial charge is 0.491 e. The summed E-state index contributed by atoms with van der Waals surface area (Å²) in [4.78, 5) is 15.5. The summed E-state index contributed by atoms with van der Waals surface area (Å²) in [6.07, 6.45) is 0. The third-order valence-corrected chi connectivity index (χ3v) is 4.61. The molecule has 2 heterocycles. The van der Waals surface area contributed by atoms with E-state index >= 15 is 0 Å². The smallest absolute Gasteiger partial charge is 0.258 e. The standard InChI is InChI=1S/C14H12BrNO2S/c15-13-6-5-10(19-13)9-16-7-8-18-12-4-2-1-3-11(12)14(16)17/h1-6H,7-9H2. The summed E-state index contributed by atoms with van der Waals surface area (Å²) in [5.41, 5.74) is 0.649. The zero-order chi connectivity index (χ0) is 13.2. The zero-order valence-corrected chi connectivity index (χ0v) is 12.5. The van der Waals surface area contributed by atoms with E-state index in [1.165, 1.54) is 4.88 Å². The molecule has 1 aromatic carbocycles. The molecule has 0 saturated heterocycles. The van der Waals surface area contributed by atoms with E-state index in [1.807, 2.05) is 41.3 Å². The Balaban J connectivity index is 1.85. The second-order valence-corrected chi connectivity index (χ2v) is 6.82. The predicted molar refractivity (Wildman–Crippen MR) is 78.7 cm³/mol. The fraction of sp³-hybridized carbons (Fsp3) is 0.214. The van der Waals surface area contributed by atoms with Crippen LogP contribution in [0.3, 0.4) is 0 Å². The quantitative estimate of drug-likeness (QED) is 0.838. The Bertz CT molecular complexity index is 611. The van der Waals surface area contributed by atoms with Gasteiger partial charge in [0.05, 0.1) is 22.4 Å². The van der Waals surface area contributed by atoms with Gasteiger partial charge in [0.15, 0.2) is 0 Å². The fourth-order valence-corrected chi connectivity index (χ4v) is 3.58. The number of carbonyl (C=O) groups is 1.